The number of aromatic nitrogens is 2. The van der Waals surface area contributed by atoms with Gasteiger partial charge in [0, 0.05) is 32.6 Å². The van der Waals surface area contributed by atoms with Gasteiger partial charge >= 0.3 is 5.97 Å². The minimum absolute atomic E-state index is 0.252. The van der Waals surface area contributed by atoms with E-state index in [1.54, 1.807) is 17.7 Å². The molecule has 0 saturated carbocycles. The number of fused-ring (bicyclic) bond motifs is 1. The fraction of sp³-hybridized carbons (Fsp3) is 0.500. The van der Waals surface area contributed by atoms with Crippen LogP contribution in [0.1, 0.15) is 12.8 Å². The molecule has 21 heavy (non-hydrogen) atoms. The first-order valence-corrected chi connectivity index (χ1v) is 7.99. The molecule has 3 heterocycles. The van der Waals surface area contributed by atoms with Crippen LogP contribution in [-0.4, -0.2) is 58.7 Å². The largest absolute Gasteiger partial charge is 0.481 e. The van der Waals surface area contributed by atoms with Gasteiger partial charge in [0.2, 0.25) is 0 Å². The van der Waals surface area contributed by atoms with Crippen LogP contribution in [0.5, 0.6) is 0 Å². The number of anilines is 1. The lowest BCUT2D eigenvalue weighted by atomic mass is 10.2. The van der Waals surface area contributed by atoms with Crippen molar-refractivity contribution in [2.45, 2.75) is 12.8 Å². The third-order valence-corrected chi connectivity index (χ3v) is 4.60. The van der Waals surface area contributed by atoms with Gasteiger partial charge in [0.05, 0.1) is 5.39 Å². The average Bonchev–Trinajstić information content (AvgIpc) is 2.96. The van der Waals surface area contributed by atoms with Gasteiger partial charge in [-0.15, -0.1) is 11.3 Å². The minimum atomic E-state index is -0.713. The molecule has 7 heteroatoms. The van der Waals surface area contributed by atoms with Gasteiger partial charge in [-0.2, -0.15) is 0 Å². The summed E-state index contributed by atoms with van der Waals surface area (Å²) < 4.78 is 0. The molecule has 6 nitrogen and oxygen atoms in total. The SMILES string of the molecule is O=C(O)CCCN1CCN(c2ncnc3sccc23)CC1. The first kappa shape index (κ1) is 14.2. The number of carbonyl (C=O) groups is 1. The Balaban J connectivity index is 1.58. The van der Waals surface area contributed by atoms with Crippen LogP contribution in [0.3, 0.4) is 0 Å². The predicted molar refractivity (Wildman–Crippen MR) is 82.9 cm³/mol. The predicted octanol–water partition coefficient (Wildman–Crippen LogP) is 1.68. The Morgan fingerprint density at radius 2 is 2.10 bits per heavy atom. The summed E-state index contributed by atoms with van der Waals surface area (Å²) in [5, 5.41) is 11.8. The maximum atomic E-state index is 10.5. The highest BCUT2D eigenvalue weighted by atomic mass is 32.1. The molecule has 1 saturated heterocycles. The summed E-state index contributed by atoms with van der Waals surface area (Å²) in [5.41, 5.74) is 0. The Kier molecular flexibility index (Phi) is 4.31. The molecule has 1 aliphatic heterocycles. The average molecular weight is 306 g/mol. The number of carboxylic acids is 1. The summed E-state index contributed by atoms with van der Waals surface area (Å²) >= 11 is 1.64. The zero-order chi connectivity index (χ0) is 14.7. The molecule has 0 aromatic carbocycles. The first-order valence-electron chi connectivity index (χ1n) is 7.11. The third kappa shape index (κ3) is 3.30. The monoisotopic (exact) mass is 306 g/mol. The molecule has 1 aliphatic rings. The Bertz CT molecular complexity index is 622. The van der Waals surface area contributed by atoms with Crippen molar-refractivity contribution in [3.05, 3.63) is 17.8 Å². The second-order valence-electron chi connectivity index (χ2n) is 5.16. The number of piperazine rings is 1. The van der Waals surface area contributed by atoms with E-state index < -0.39 is 5.97 Å². The van der Waals surface area contributed by atoms with Crippen molar-refractivity contribution in [3.63, 3.8) is 0 Å². The van der Waals surface area contributed by atoms with Crippen LogP contribution < -0.4 is 4.90 Å². The number of rotatable bonds is 5. The Hall–Kier alpha value is -1.73. The van der Waals surface area contributed by atoms with Crippen LogP contribution in [0, 0.1) is 0 Å². The fourth-order valence-corrected chi connectivity index (χ4v) is 3.39. The summed E-state index contributed by atoms with van der Waals surface area (Å²) in [6, 6.07) is 2.08. The molecule has 2 aromatic heterocycles. The van der Waals surface area contributed by atoms with Gasteiger partial charge in [-0.25, -0.2) is 9.97 Å². The van der Waals surface area contributed by atoms with Crippen LogP contribution in [0.2, 0.25) is 0 Å². The van der Waals surface area contributed by atoms with E-state index in [4.69, 9.17) is 5.11 Å². The van der Waals surface area contributed by atoms with Gasteiger partial charge in [0.1, 0.15) is 17.0 Å². The normalized spacial score (nSPS) is 16.5. The maximum Gasteiger partial charge on any atom is 0.303 e. The van der Waals surface area contributed by atoms with E-state index in [-0.39, 0.29) is 6.42 Å². The molecule has 0 atom stereocenters. The standard InChI is InChI=1S/C14H18N4O2S/c19-12(20)2-1-4-17-5-7-18(8-6-17)13-11-3-9-21-14(11)16-10-15-13/h3,9-10H,1-2,4-8H2,(H,19,20). The lowest BCUT2D eigenvalue weighted by Crippen LogP contribution is -2.47. The van der Waals surface area contributed by atoms with Crippen molar-refractivity contribution in [2.75, 3.05) is 37.6 Å². The van der Waals surface area contributed by atoms with Gasteiger partial charge in [0.15, 0.2) is 0 Å². The van der Waals surface area contributed by atoms with Crippen LogP contribution in [-0.2, 0) is 4.79 Å². The Morgan fingerprint density at radius 3 is 2.86 bits per heavy atom. The molecular weight excluding hydrogens is 288 g/mol. The van der Waals surface area contributed by atoms with Gasteiger partial charge in [-0.05, 0) is 24.4 Å². The van der Waals surface area contributed by atoms with E-state index in [1.807, 2.05) is 5.38 Å². The van der Waals surface area contributed by atoms with Crippen LogP contribution in [0.4, 0.5) is 5.82 Å². The van der Waals surface area contributed by atoms with Crippen molar-refractivity contribution in [3.8, 4) is 0 Å². The zero-order valence-corrected chi connectivity index (χ0v) is 12.6. The molecule has 0 amide bonds. The molecule has 1 N–H and O–H groups in total. The molecule has 0 bridgehead atoms. The number of nitrogens with zero attached hydrogens (tertiary/aromatic N) is 4. The summed E-state index contributed by atoms with van der Waals surface area (Å²) in [6.07, 6.45) is 2.60. The smallest absolute Gasteiger partial charge is 0.303 e. The maximum absolute atomic E-state index is 10.5. The van der Waals surface area contributed by atoms with Gasteiger partial charge in [-0.1, -0.05) is 0 Å². The van der Waals surface area contributed by atoms with Crippen molar-refractivity contribution in [1.82, 2.24) is 14.9 Å². The third-order valence-electron chi connectivity index (χ3n) is 3.78. The van der Waals surface area contributed by atoms with Gasteiger partial charge in [0.25, 0.3) is 0 Å². The van der Waals surface area contributed by atoms with Crippen molar-refractivity contribution in [2.24, 2.45) is 0 Å². The van der Waals surface area contributed by atoms with E-state index in [9.17, 15) is 4.79 Å². The quantitative estimate of drug-likeness (QED) is 0.906. The first-order chi connectivity index (χ1) is 10.2. The van der Waals surface area contributed by atoms with E-state index in [1.165, 1.54) is 0 Å². The van der Waals surface area contributed by atoms with Gasteiger partial charge in [-0.3, -0.25) is 9.69 Å². The van der Waals surface area contributed by atoms with Crippen LogP contribution in [0.25, 0.3) is 10.2 Å². The van der Waals surface area contributed by atoms with Crippen LogP contribution >= 0.6 is 11.3 Å². The highest BCUT2D eigenvalue weighted by Gasteiger charge is 2.20. The van der Waals surface area contributed by atoms with Crippen LogP contribution in [0.15, 0.2) is 17.8 Å². The molecule has 0 aliphatic carbocycles. The van der Waals surface area contributed by atoms with E-state index in [0.29, 0.717) is 0 Å². The van der Waals surface area contributed by atoms with E-state index >= 15 is 0 Å². The molecule has 3 rings (SSSR count). The summed E-state index contributed by atoms with van der Waals surface area (Å²) in [4.78, 5) is 24.9. The van der Waals surface area contributed by atoms with Crippen molar-refractivity contribution in [1.29, 1.82) is 0 Å². The molecular formula is C14H18N4O2S. The second-order valence-corrected chi connectivity index (χ2v) is 6.06. The van der Waals surface area contributed by atoms with E-state index in [2.05, 4.69) is 25.8 Å². The molecule has 2 aromatic rings. The molecule has 0 radical (unpaired) electrons. The highest BCUT2D eigenvalue weighted by Crippen LogP contribution is 2.27. The van der Waals surface area contributed by atoms with Gasteiger partial charge < -0.3 is 10.0 Å². The molecule has 1 fully saturated rings. The lowest BCUT2D eigenvalue weighted by molar-refractivity contribution is -0.137. The number of aliphatic carboxylic acids is 1. The van der Waals surface area contributed by atoms with Crippen molar-refractivity contribution >= 4 is 33.3 Å². The van der Waals surface area contributed by atoms with E-state index in [0.717, 1.165) is 55.2 Å². The number of carboxylic acid groups (broad SMARTS) is 1. The number of hydrogen-bond donors (Lipinski definition) is 1. The number of thiophene rings is 1. The Labute approximate surface area is 127 Å². The summed E-state index contributed by atoms with van der Waals surface area (Å²) in [5.74, 6) is 0.306. The minimum Gasteiger partial charge on any atom is -0.481 e. The second kappa shape index (κ2) is 6.36. The fourth-order valence-electron chi connectivity index (χ4n) is 2.67. The lowest BCUT2D eigenvalue weighted by Gasteiger charge is -2.35. The summed E-state index contributed by atoms with van der Waals surface area (Å²) in [7, 11) is 0. The zero-order valence-electron chi connectivity index (χ0n) is 11.7. The molecule has 0 spiro atoms. The molecule has 0 unspecified atom stereocenters. The topological polar surface area (TPSA) is 69.6 Å². The number of hydrogen-bond acceptors (Lipinski definition) is 6. The molecule has 112 valence electrons. The summed E-state index contributed by atoms with van der Waals surface area (Å²) in [6.45, 7) is 4.62. The Morgan fingerprint density at radius 1 is 1.29 bits per heavy atom. The van der Waals surface area contributed by atoms with Crippen molar-refractivity contribution < 1.29 is 9.90 Å². The highest BCUT2D eigenvalue weighted by molar-refractivity contribution is 7.16.